The van der Waals surface area contributed by atoms with Crippen molar-refractivity contribution in [3.63, 3.8) is 0 Å². The Morgan fingerprint density at radius 2 is 1.40 bits per heavy atom. The Morgan fingerprint density at radius 1 is 0.778 bits per heavy atom. The first kappa shape index (κ1) is 34.6. The summed E-state index contributed by atoms with van der Waals surface area (Å²) in [5.74, 6) is -1.02. The maximum Gasteiger partial charge on any atom is 0.264 e. The molecule has 2 amide bonds. The summed E-state index contributed by atoms with van der Waals surface area (Å²) in [4.78, 5) is 29.4. The second-order valence-corrected chi connectivity index (χ2v) is 13.8. The van der Waals surface area contributed by atoms with Crippen LogP contribution in [0.2, 0.25) is 20.1 Å². The quantitative estimate of drug-likeness (QED) is 0.165. The standard InChI is InChI=1S/C33H31Cl4N3O4S/c1-3-38-33(42)31(18-23-7-5-4-6-8-23)39(20-24-11-15-27(34)29(36)17-24)32(41)21-40(25-12-16-28(35)30(37)19-25)45(43,44)26-13-9-22(2)10-14-26/h4-17,19,31H,3,18,20-21H2,1-2H3,(H,38,42)/t31-/m1/s1. The first-order chi connectivity index (χ1) is 21.4. The van der Waals surface area contributed by atoms with E-state index in [2.05, 4.69) is 5.32 Å². The number of amides is 2. The van der Waals surface area contributed by atoms with Gasteiger partial charge in [0.1, 0.15) is 12.6 Å². The molecule has 0 radical (unpaired) electrons. The van der Waals surface area contributed by atoms with Crippen LogP contribution in [-0.4, -0.2) is 44.3 Å². The van der Waals surface area contributed by atoms with Crippen LogP contribution in [0.3, 0.4) is 0 Å². The zero-order valence-corrected chi connectivity index (χ0v) is 28.4. The van der Waals surface area contributed by atoms with Crippen LogP contribution in [0.1, 0.15) is 23.6 Å². The molecule has 1 N–H and O–H groups in total. The summed E-state index contributed by atoms with van der Waals surface area (Å²) >= 11 is 24.9. The molecule has 236 valence electrons. The molecule has 0 heterocycles. The second-order valence-electron chi connectivity index (χ2n) is 10.3. The molecule has 4 aromatic rings. The van der Waals surface area contributed by atoms with E-state index in [0.717, 1.165) is 15.4 Å². The molecule has 0 spiro atoms. The van der Waals surface area contributed by atoms with Crippen molar-refractivity contribution in [2.75, 3.05) is 17.4 Å². The number of hydrogen-bond acceptors (Lipinski definition) is 4. The summed E-state index contributed by atoms with van der Waals surface area (Å²) < 4.78 is 29.2. The molecule has 0 bridgehead atoms. The van der Waals surface area contributed by atoms with Gasteiger partial charge in [-0.3, -0.25) is 13.9 Å². The number of hydrogen-bond donors (Lipinski definition) is 1. The molecule has 0 saturated carbocycles. The zero-order valence-electron chi connectivity index (χ0n) is 24.5. The number of carbonyl (C=O) groups is 2. The van der Waals surface area contributed by atoms with Gasteiger partial charge in [0.05, 0.1) is 30.7 Å². The van der Waals surface area contributed by atoms with Crippen LogP contribution >= 0.6 is 46.4 Å². The normalized spacial score (nSPS) is 12.0. The van der Waals surface area contributed by atoms with E-state index in [1.54, 1.807) is 37.3 Å². The van der Waals surface area contributed by atoms with Crippen LogP contribution in [0, 0.1) is 6.92 Å². The first-order valence-corrected chi connectivity index (χ1v) is 17.0. The fraction of sp³-hybridized carbons (Fsp3) is 0.212. The van der Waals surface area contributed by atoms with Crippen molar-refractivity contribution in [2.24, 2.45) is 0 Å². The summed E-state index contributed by atoms with van der Waals surface area (Å²) in [7, 11) is -4.28. The summed E-state index contributed by atoms with van der Waals surface area (Å²) in [6.07, 6.45) is 0.178. The number of likely N-dealkylation sites (N-methyl/N-ethyl adjacent to an activating group) is 1. The lowest BCUT2D eigenvalue weighted by Gasteiger charge is -2.34. The third-order valence-electron chi connectivity index (χ3n) is 7.04. The number of rotatable bonds is 12. The monoisotopic (exact) mass is 705 g/mol. The second kappa shape index (κ2) is 15.3. The summed E-state index contributed by atoms with van der Waals surface area (Å²) in [6, 6.07) is 23.8. The van der Waals surface area contributed by atoms with Crippen LogP contribution in [0.25, 0.3) is 0 Å². The number of nitrogens with zero attached hydrogens (tertiary/aromatic N) is 2. The lowest BCUT2D eigenvalue weighted by atomic mass is 10.0. The molecule has 4 rings (SSSR count). The van der Waals surface area contributed by atoms with Crippen LogP contribution < -0.4 is 9.62 Å². The minimum absolute atomic E-state index is 0.0208. The van der Waals surface area contributed by atoms with Gasteiger partial charge in [-0.05, 0) is 67.4 Å². The maximum absolute atomic E-state index is 14.4. The highest BCUT2D eigenvalue weighted by atomic mass is 35.5. The lowest BCUT2D eigenvalue weighted by molar-refractivity contribution is -0.140. The molecule has 1 atom stereocenters. The van der Waals surface area contributed by atoms with Crippen LogP contribution in [0.15, 0.2) is 95.9 Å². The fourth-order valence-corrected chi connectivity index (χ4v) is 6.71. The van der Waals surface area contributed by atoms with E-state index in [4.69, 9.17) is 46.4 Å². The highest BCUT2D eigenvalue weighted by molar-refractivity contribution is 7.92. The van der Waals surface area contributed by atoms with E-state index in [0.29, 0.717) is 17.1 Å². The van der Waals surface area contributed by atoms with Crippen LogP contribution in [0.5, 0.6) is 0 Å². The molecule has 0 saturated heterocycles. The van der Waals surface area contributed by atoms with Gasteiger partial charge in [0.15, 0.2) is 0 Å². The predicted molar refractivity (Wildman–Crippen MR) is 182 cm³/mol. The molecule has 7 nitrogen and oxygen atoms in total. The molecular weight excluding hydrogens is 676 g/mol. The molecule has 0 aliphatic rings. The van der Waals surface area contributed by atoms with Crippen molar-refractivity contribution in [2.45, 2.75) is 37.8 Å². The SMILES string of the molecule is CCNC(=O)[C@@H](Cc1ccccc1)N(Cc1ccc(Cl)c(Cl)c1)C(=O)CN(c1ccc(Cl)c(Cl)c1)S(=O)(=O)c1ccc(C)cc1. The Balaban J connectivity index is 1.82. The summed E-state index contributed by atoms with van der Waals surface area (Å²) in [5, 5.41) is 3.77. The van der Waals surface area contributed by atoms with E-state index < -0.39 is 34.4 Å². The zero-order chi connectivity index (χ0) is 32.7. The topological polar surface area (TPSA) is 86.8 Å². The Bertz CT molecular complexity index is 1770. The van der Waals surface area contributed by atoms with Gasteiger partial charge in [-0.25, -0.2) is 8.42 Å². The molecule has 12 heteroatoms. The third kappa shape index (κ3) is 8.71. The van der Waals surface area contributed by atoms with Gasteiger partial charge in [0, 0.05) is 19.5 Å². The summed E-state index contributed by atoms with van der Waals surface area (Å²) in [5.41, 5.74) is 2.41. The van der Waals surface area contributed by atoms with Gasteiger partial charge >= 0.3 is 0 Å². The fourth-order valence-electron chi connectivity index (χ4n) is 4.69. The van der Waals surface area contributed by atoms with Gasteiger partial charge in [-0.1, -0.05) is 100 Å². The minimum Gasteiger partial charge on any atom is -0.355 e. The lowest BCUT2D eigenvalue weighted by Crippen LogP contribution is -2.53. The number of sulfonamides is 1. The average molecular weight is 708 g/mol. The Morgan fingerprint density at radius 3 is 2.00 bits per heavy atom. The van der Waals surface area contributed by atoms with Gasteiger partial charge in [-0.15, -0.1) is 0 Å². The smallest absolute Gasteiger partial charge is 0.264 e. The van der Waals surface area contributed by atoms with Gasteiger partial charge in [-0.2, -0.15) is 0 Å². The van der Waals surface area contributed by atoms with E-state index in [-0.39, 0.29) is 38.6 Å². The van der Waals surface area contributed by atoms with Crippen molar-refractivity contribution in [3.8, 4) is 0 Å². The van der Waals surface area contributed by atoms with Crippen molar-refractivity contribution in [1.82, 2.24) is 10.2 Å². The molecule has 4 aromatic carbocycles. The number of anilines is 1. The molecule has 0 unspecified atom stereocenters. The van der Waals surface area contributed by atoms with Crippen molar-refractivity contribution >= 4 is 73.9 Å². The van der Waals surface area contributed by atoms with E-state index in [9.17, 15) is 18.0 Å². The van der Waals surface area contributed by atoms with E-state index >= 15 is 0 Å². The summed E-state index contributed by atoms with van der Waals surface area (Å²) in [6.45, 7) is 3.26. The van der Waals surface area contributed by atoms with Crippen molar-refractivity contribution in [3.05, 3.63) is 128 Å². The van der Waals surface area contributed by atoms with E-state index in [1.165, 1.54) is 35.2 Å². The van der Waals surface area contributed by atoms with Gasteiger partial charge in [0.25, 0.3) is 10.0 Å². The number of aryl methyl sites for hydroxylation is 1. The molecule has 0 aliphatic carbocycles. The molecular formula is C33H31Cl4N3O4S. The van der Waals surface area contributed by atoms with E-state index in [1.807, 2.05) is 37.3 Å². The number of halogens is 4. The average Bonchev–Trinajstić information content (AvgIpc) is 3.01. The third-order valence-corrected chi connectivity index (χ3v) is 10.3. The van der Waals surface area contributed by atoms with Crippen molar-refractivity contribution < 1.29 is 18.0 Å². The Hall–Kier alpha value is -3.27. The number of benzene rings is 4. The van der Waals surface area contributed by atoms with Gasteiger partial charge < -0.3 is 10.2 Å². The minimum atomic E-state index is -4.28. The number of carbonyl (C=O) groups excluding carboxylic acids is 2. The molecule has 45 heavy (non-hydrogen) atoms. The van der Waals surface area contributed by atoms with Crippen LogP contribution in [0.4, 0.5) is 5.69 Å². The first-order valence-electron chi connectivity index (χ1n) is 14.0. The Kier molecular flexibility index (Phi) is 11.8. The van der Waals surface area contributed by atoms with Crippen LogP contribution in [-0.2, 0) is 32.6 Å². The molecule has 0 aromatic heterocycles. The van der Waals surface area contributed by atoms with Gasteiger partial charge in [0.2, 0.25) is 11.8 Å². The molecule has 0 aliphatic heterocycles. The molecule has 0 fully saturated rings. The highest BCUT2D eigenvalue weighted by Crippen LogP contribution is 2.31. The highest BCUT2D eigenvalue weighted by Gasteiger charge is 2.34. The predicted octanol–water partition coefficient (Wildman–Crippen LogP) is 7.58. The maximum atomic E-state index is 14.4. The largest absolute Gasteiger partial charge is 0.355 e. The Labute approximate surface area is 283 Å². The number of nitrogens with one attached hydrogen (secondary N) is 1. The van der Waals surface area contributed by atoms with Crippen molar-refractivity contribution in [1.29, 1.82) is 0 Å².